The third-order valence-electron chi connectivity index (χ3n) is 2.20. The Morgan fingerprint density at radius 2 is 2.43 bits per heavy atom. The lowest BCUT2D eigenvalue weighted by atomic mass is 10.1. The molecule has 0 unspecified atom stereocenters. The summed E-state index contributed by atoms with van der Waals surface area (Å²) in [6, 6.07) is 1.65. The fourth-order valence-corrected chi connectivity index (χ4v) is 1.51. The van der Waals surface area contributed by atoms with E-state index in [0.29, 0.717) is 11.7 Å². The van der Waals surface area contributed by atoms with Crippen molar-refractivity contribution in [3.8, 4) is 5.88 Å². The highest BCUT2D eigenvalue weighted by Crippen LogP contribution is 2.13. The largest absolute Gasteiger partial charge is 0.473 e. The maximum atomic E-state index is 5.64. The molecule has 5 heteroatoms. The van der Waals surface area contributed by atoms with Gasteiger partial charge in [0.05, 0.1) is 0 Å². The van der Waals surface area contributed by atoms with Crippen LogP contribution in [-0.2, 0) is 0 Å². The molecule has 0 radical (unpaired) electrons. The van der Waals surface area contributed by atoms with Crippen LogP contribution >= 0.6 is 0 Å². The number of nitrogen functional groups attached to an aromatic ring is 1. The van der Waals surface area contributed by atoms with E-state index >= 15 is 0 Å². The van der Waals surface area contributed by atoms with E-state index in [1.165, 1.54) is 6.33 Å². The number of nitrogens with zero attached hydrogens (tertiary/aromatic N) is 2. The quantitative estimate of drug-likeness (QED) is 0.703. The molecule has 2 rings (SSSR count). The van der Waals surface area contributed by atoms with Crippen LogP contribution in [0.5, 0.6) is 5.88 Å². The highest BCUT2D eigenvalue weighted by atomic mass is 16.5. The number of aromatic nitrogens is 2. The normalized spacial score (nSPS) is 21.9. The van der Waals surface area contributed by atoms with E-state index in [0.717, 1.165) is 25.9 Å². The number of nitrogens with two attached hydrogens (primary N) is 1. The van der Waals surface area contributed by atoms with Crippen LogP contribution in [0.25, 0.3) is 0 Å². The van der Waals surface area contributed by atoms with Gasteiger partial charge in [0.25, 0.3) is 0 Å². The van der Waals surface area contributed by atoms with Crippen molar-refractivity contribution in [3.63, 3.8) is 0 Å². The zero-order valence-electron chi connectivity index (χ0n) is 7.94. The fraction of sp³-hybridized carbons (Fsp3) is 0.556. The van der Waals surface area contributed by atoms with E-state index in [9.17, 15) is 0 Å². The first-order valence-electron chi connectivity index (χ1n) is 4.79. The summed E-state index contributed by atoms with van der Waals surface area (Å²) in [5, 5.41) is 3.27. The molecule has 0 aromatic carbocycles. The zero-order chi connectivity index (χ0) is 9.80. The van der Waals surface area contributed by atoms with E-state index in [4.69, 9.17) is 10.5 Å². The lowest BCUT2D eigenvalue weighted by Crippen LogP contribution is -2.37. The second-order valence-electron chi connectivity index (χ2n) is 3.37. The van der Waals surface area contributed by atoms with Crippen molar-refractivity contribution in [3.05, 3.63) is 12.4 Å². The standard InChI is InChI=1S/C9H14N4O/c10-8-4-9(13-6-12-8)14-7-2-1-3-11-5-7/h4,6-7,11H,1-3,5H2,(H2,10,12,13)/t7-/m1/s1. The average Bonchev–Trinajstić information content (AvgIpc) is 2.19. The number of nitrogens with one attached hydrogen (secondary N) is 1. The maximum absolute atomic E-state index is 5.64. The van der Waals surface area contributed by atoms with Gasteiger partial charge in [0, 0.05) is 12.6 Å². The summed E-state index contributed by atoms with van der Waals surface area (Å²) in [6.45, 7) is 1.95. The summed E-state index contributed by atoms with van der Waals surface area (Å²) in [5.41, 5.74) is 5.52. The van der Waals surface area contributed by atoms with Crippen molar-refractivity contribution in [2.24, 2.45) is 0 Å². The number of hydrogen-bond acceptors (Lipinski definition) is 5. The van der Waals surface area contributed by atoms with Gasteiger partial charge in [0.1, 0.15) is 18.2 Å². The first kappa shape index (κ1) is 9.21. The zero-order valence-corrected chi connectivity index (χ0v) is 7.94. The van der Waals surface area contributed by atoms with Gasteiger partial charge in [-0.05, 0) is 19.4 Å². The molecule has 2 heterocycles. The molecule has 1 aromatic rings. The van der Waals surface area contributed by atoms with Gasteiger partial charge in [0.2, 0.25) is 5.88 Å². The molecule has 76 valence electrons. The van der Waals surface area contributed by atoms with Gasteiger partial charge in [-0.2, -0.15) is 0 Å². The van der Waals surface area contributed by atoms with Gasteiger partial charge < -0.3 is 15.8 Å². The number of anilines is 1. The Labute approximate surface area is 82.7 Å². The van der Waals surface area contributed by atoms with E-state index in [1.807, 2.05) is 0 Å². The Morgan fingerprint density at radius 1 is 1.50 bits per heavy atom. The van der Waals surface area contributed by atoms with Gasteiger partial charge in [-0.15, -0.1) is 0 Å². The Kier molecular flexibility index (Phi) is 2.78. The van der Waals surface area contributed by atoms with E-state index in [2.05, 4.69) is 15.3 Å². The van der Waals surface area contributed by atoms with Gasteiger partial charge in [-0.1, -0.05) is 0 Å². The Hall–Kier alpha value is -1.36. The molecule has 5 nitrogen and oxygen atoms in total. The molecule has 0 aliphatic carbocycles. The Morgan fingerprint density at radius 3 is 3.14 bits per heavy atom. The summed E-state index contributed by atoms with van der Waals surface area (Å²) in [4.78, 5) is 7.80. The molecule has 1 saturated heterocycles. The van der Waals surface area contributed by atoms with Crippen molar-refractivity contribution >= 4 is 5.82 Å². The summed E-state index contributed by atoms with van der Waals surface area (Å²) in [5.74, 6) is 1.00. The van der Waals surface area contributed by atoms with Crippen LogP contribution in [0.4, 0.5) is 5.82 Å². The molecular formula is C9H14N4O. The predicted molar refractivity (Wildman–Crippen MR) is 53.0 cm³/mol. The smallest absolute Gasteiger partial charge is 0.218 e. The molecule has 14 heavy (non-hydrogen) atoms. The second kappa shape index (κ2) is 4.23. The van der Waals surface area contributed by atoms with Gasteiger partial charge >= 0.3 is 0 Å². The topological polar surface area (TPSA) is 73.1 Å². The van der Waals surface area contributed by atoms with Crippen LogP contribution in [-0.4, -0.2) is 29.2 Å². The van der Waals surface area contributed by atoms with Crippen molar-refractivity contribution in [2.45, 2.75) is 18.9 Å². The van der Waals surface area contributed by atoms with Crippen LogP contribution < -0.4 is 15.8 Å². The number of piperidine rings is 1. The molecule has 0 amide bonds. The van der Waals surface area contributed by atoms with E-state index in [-0.39, 0.29) is 6.10 Å². The van der Waals surface area contributed by atoms with Crippen LogP contribution in [0, 0.1) is 0 Å². The average molecular weight is 194 g/mol. The first-order valence-corrected chi connectivity index (χ1v) is 4.79. The number of ether oxygens (including phenoxy) is 1. The summed E-state index contributed by atoms with van der Waals surface area (Å²) in [7, 11) is 0. The molecule has 0 spiro atoms. The van der Waals surface area contributed by atoms with Crippen LogP contribution in [0.3, 0.4) is 0 Å². The van der Waals surface area contributed by atoms with Gasteiger partial charge in [0.15, 0.2) is 0 Å². The lowest BCUT2D eigenvalue weighted by molar-refractivity contribution is 0.160. The number of rotatable bonds is 2. The van der Waals surface area contributed by atoms with Crippen molar-refractivity contribution < 1.29 is 4.74 Å². The monoisotopic (exact) mass is 194 g/mol. The third-order valence-corrected chi connectivity index (χ3v) is 2.20. The van der Waals surface area contributed by atoms with Crippen LogP contribution in [0.2, 0.25) is 0 Å². The first-order chi connectivity index (χ1) is 6.84. The molecular weight excluding hydrogens is 180 g/mol. The summed E-state index contributed by atoms with van der Waals surface area (Å²) >= 11 is 0. The van der Waals surface area contributed by atoms with Gasteiger partial charge in [-0.25, -0.2) is 9.97 Å². The molecule has 1 fully saturated rings. The van der Waals surface area contributed by atoms with Crippen molar-refractivity contribution in [2.75, 3.05) is 18.8 Å². The summed E-state index contributed by atoms with van der Waals surface area (Å²) < 4.78 is 5.64. The van der Waals surface area contributed by atoms with Crippen LogP contribution in [0.15, 0.2) is 12.4 Å². The molecule has 0 bridgehead atoms. The van der Waals surface area contributed by atoms with Crippen LogP contribution in [0.1, 0.15) is 12.8 Å². The van der Waals surface area contributed by atoms with Gasteiger partial charge in [-0.3, -0.25) is 0 Å². The molecule has 1 atom stereocenters. The van der Waals surface area contributed by atoms with Crippen molar-refractivity contribution in [1.29, 1.82) is 0 Å². The third kappa shape index (κ3) is 2.32. The minimum atomic E-state index is 0.207. The highest BCUT2D eigenvalue weighted by Gasteiger charge is 2.14. The van der Waals surface area contributed by atoms with E-state index < -0.39 is 0 Å². The maximum Gasteiger partial charge on any atom is 0.218 e. The molecule has 1 aliphatic heterocycles. The second-order valence-corrected chi connectivity index (χ2v) is 3.37. The molecule has 3 N–H and O–H groups in total. The highest BCUT2D eigenvalue weighted by molar-refractivity contribution is 5.30. The van der Waals surface area contributed by atoms with E-state index in [1.54, 1.807) is 6.07 Å². The predicted octanol–water partition coefficient (Wildman–Crippen LogP) is 0.190. The Bertz CT molecular complexity index is 299. The lowest BCUT2D eigenvalue weighted by Gasteiger charge is -2.23. The molecule has 0 saturated carbocycles. The minimum Gasteiger partial charge on any atom is -0.473 e. The summed E-state index contributed by atoms with van der Waals surface area (Å²) in [6.07, 6.45) is 3.83. The molecule has 1 aromatic heterocycles. The number of hydrogen-bond donors (Lipinski definition) is 2. The SMILES string of the molecule is Nc1cc(O[C@@H]2CCCNC2)ncn1. The fourth-order valence-electron chi connectivity index (χ4n) is 1.51. The molecule has 1 aliphatic rings. The Balaban J connectivity index is 1.95. The van der Waals surface area contributed by atoms with Crippen molar-refractivity contribution in [1.82, 2.24) is 15.3 Å². The minimum absolute atomic E-state index is 0.207.